The number of anilines is 4. The molecule has 0 saturated carbocycles. The fraction of sp³-hybridized carbons (Fsp3) is 0.423. The lowest BCUT2D eigenvalue weighted by atomic mass is 10.00. The molecular weight excluding hydrogens is 464 g/mol. The van der Waals surface area contributed by atoms with Crippen LogP contribution in [0, 0.1) is 11.6 Å². The van der Waals surface area contributed by atoms with Crippen molar-refractivity contribution in [3.8, 4) is 17.0 Å². The lowest BCUT2D eigenvalue weighted by Crippen LogP contribution is -2.42. The first-order valence-electron chi connectivity index (χ1n) is 12.4. The molecule has 1 aromatic carbocycles. The van der Waals surface area contributed by atoms with E-state index in [2.05, 4.69) is 49.6 Å². The van der Waals surface area contributed by atoms with Gasteiger partial charge >= 0.3 is 0 Å². The average Bonchev–Trinajstić information content (AvgIpc) is 3.40. The number of nitrogens with one attached hydrogen (secondary N) is 3. The number of ether oxygens (including phenoxy) is 1. The molecule has 10 heteroatoms. The van der Waals surface area contributed by atoms with Gasteiger partial charge in [0, 0.05) is 11.1 Å². The molecule has 188 valence electrons. The maximum Gasteiger partial charge on any atom is 0.229 e. The number of nitrogens with zero attached hydrogens (tertiary/aromatic N) is 4. The number of rotatable bonds is 5. The van der Waals surface area contributed by atoms with Gasteiger partial charge in [0.15, 0.2) is 5.82 Å². The van der Waals surface area contributed by atoms with E-state index in [1.807, 2.05) is 6.07 Å². The second kappa shape index (κ2) is 8.85. The van der Waals surface area contributed by atoms with E-state index in [0.717, 1.165) is 50.7 Å². The van der Waals surface area contributed by atoms with Crippen LogP contribution in [0.3, 0.4) is 0 Å². The van der Waals surface area contributed by atoms with Crippen LogP contribution in [-0.2, 0) is 0 Å². The van der Waals surface area contributed by atoms with E-state index >= 15 is 4.39 Å². The molecule has 2 saturated heterocycles. The summed E-state index contributed by atoms with van der Waals surface area (Å²) in [5, 5.41) is 9.60. The van der Waals surface area contributed by atoms with E-state index in [1.165, 1.54) is 6.07 Å². The first-order chi connectivity index (χ1) is 17.4. The van der Waals surface area contributed by atoms with Crippen LogP contribution in [0.25, 0.3) is 11.3 Å². The Balaban J connectivity index is 1.24. The van der Waals surface area contributed by atoms with Crippen LogP contribution >= 0.6 is 0 Å². The minimum absolute atomic E-state index is 0.0283. The highest BCUT2D eigenvalue weighted by Gasteiger charge is 2.45. The summed E-state index contributed by atoms with van der Waals surface area (Å²) in [7, 11) is 0. The lowest BCUT2D eigenvalue weighted by Gasteiger charge is -2.33. The predicted octanol–water partition coefficient (Wildman–Crippen LogP) is 4.82. The monoisotopic (exact) mass is 493 g/mol. The van der Waals surface area contributed by atoms with Crippen molar-refractivity contribution in [1.82, 2.24) is 20.3 Å². The molecule has 6 rings (SSSR count). The second-order valence-corrected chi connectivity index (χ2v) is 10.2. The zero-order chi connectivity index (χ0) is 24.9. The van der Waals surface area contributed by atoms with Gasteiger partial charge in [-0.15, -0.1) is 0 Å². The number of benzene rings is 1. The van der Waals surface area contributed by atoms with Crippen LogP contribution in [0.1, 0.15) is 39.5 Å². The summed E-state index contributed by atoms with van der Waals surface area (Å²) in [6.07, 6.45) is 6.78. The Morgan fingerprint density at radius 3 is 2.67 bits per heavy atom. The van der Waals surface area contributed by atoms with Gasteiger partial charge in [0.1, 0.15) is 29.2 Å². The van der Waals surface area contributed by atoms with E-state index in [9.17, 15) is 4.39 Å². The Labute approximate surface area is 208 Å². The van der Waals surface area contributed by atoms with Crippen molar-refractivity contribution < 1.29 is 13.5 Å². The highest BCUT2D eigenvalue weighted by Crippen LogP contribution is 2.49. The summed E-state index contributed by atoms with van der Waals surface area (Å²) in [6, 6.07) is 6.72. The first-order valence-corrected chi connectivity index (χ1v) is 12.4. The minimum Gasteiger partial charge on any atom is -0.489 e. The molecule has 3 aliphatic rings. The lowest BCUT2D eigenvalue weighted by molar-refractivity contribution is 0.162. The van der Waals surface area contributed by atoms with Gasteiger partial charge < -0.3 is 25.6 Å². The van der Waals surface area contributed by atoms with E-state index in [-0.39, 0.29) is 29.5 Å². The molecule has 3 aliphatic heterocycles. The summed E-state index contributed by atoms with van der Waals surface area (Å²) in [5.74, 6) is 0.312. The minimum atomic E-state index is -0.623. The van der Waals surface area contributed by atoms with Crippen molar-refractivity contribution in [1.29, 1.82) is 0 Å². The Morgan fingerprint density at radius 2 is 1.89 bits per heavy atom. The SMILES string of the molecule is CC1(C)CCC2Nc3c(F)cc(-c4nc(Nc5ccc(OC6CCNCC6)cn5)ncc4F)cc3N21. The van der Waals surface area contributed by atoms with Crippen LogP contribution < -0.4 is 25.6 Å². The molecule has 0 aliphatic carbocycles. The zero-order valence-corrected chi connectivity index (χ0v) is 20.3. The van der Waals surface area contributed by atoms with Crippen LogP contribution in [0.5, 0.6) is 5.75 Å². The number of hydrogen-bond donors (Lipinski definition) is 3. The van der Waals surface area contributed by atoms with Crippen LogP contribution in [0.15, 0.2) is 36.7 Å². The molecule has 0 radical (unpaired) electrons. The topological polar surface area (TPSA) is 87.2 Å². The number of aromatic nitrogens is 3. The van der Waals surface area contributed by atoms with Gasteiger partial charge in [0.25, 0.3) is 0 Å². The van der Waals surface area contributed by atoms with Crippen molar-refractivity contribution in [2.45, 2.75) is 57.3 Å². The van der Waals surface area contributed by atoms with Gasteiger partial charge in [-0.1, -0.05) is 0 Å². The van der Waals surface area contributed by atoms with E-state index in [1.54, 1.807) is 18.3 Å². The van der Waals surface area contributed by atoms with E-state index in [4.69, 9.17) is 4.74 Å². The Kier molecular flexibility index (Phi) is 5.63. The quantitative estimate of drug-likeness (QED) is 0.466. The van der Waals surface area contributed by atoms with Crippen molar-refractivity contribution in [3.63, 3.8) is 0 Å². The van der Waals surface area contributed by atoms with Gasteiger partial charge in [0.05, 0.1) is 29.9 Å². The fourth-order valence-corrected chi connectivity index (χ4v) is 5.39. The third-order valence-corrected chi connectivity index (χ3v) is 7.22. The molecule has 0 spiro atoms. The fourth-order valence-electron chi connectivity index (χ4n) is 5.39. The molecule has 0 amide bonds. The number of fused-ring (bicyclic) bond motifs is 3. The average molecular weight is 494 g/mol. The molecule has 1 atom stereocenters. The van der Waals surface area contributed by atoms with Crippen LogP contribution in [0.4, 0.5) is 31.9 Å². The summed E-state index contributed by atoms with van der Waals surface area (Å²) in [4.78, 5) is 15.0. The van der Waals surface area contributed by atoms with Crippen molar-refractivity contribution in [3.05, 3.63) is 48.3 Å². The van der Waals surface area contributed by atoms with Crippen LogP contribution in [0.2, 0.25) is 0 Å². The Morgan fingerprint density at radius 1 is 1.06 bits per heavy atom. The van der Waals surface area contributed by atoms with Crippen molar-refractivity contribution in [2.24, 2.45) is 0 Å². The highest BCUT2D eigenvalue weighted by atomic mass is 19.1. The summed E-state index contributed by atoms with van der Waals surface area (Å²) in [5.41, 5.74) is 1.45. The molecule has 1 unspecified atom stereocenters. The molecule has 0 bridgehead atoms. The first kappa shape index (κ1) is 22.9. The molecule has 3 N–H and O–H groups in total. The third kappa shape index (κ3) is 4.19. The largest absolute Gasteiger partial charge is 0.489 e. The predicted molar refractivity (Wildman–Crippen MR) is 135 cm³/mol. The summed E-state index contributed by atoms with van der Waals surface area (Å²) < 4.78 is 35.9. The van der Waals surface area contributed by atoms with Crippen molar-refractivity contribution >= 4 is 23.1 Å². The third-order valence-electron chi connectivity index (χ3n) is 7.22. The molecule has 5 heterocycles. The van der Waals surface area contributed by atoms with Gasteiger partial charge in [-0.3, -0.25) is 0 Å². The number of hydrogen-bond acceptors (Lipinski definition) is 8. The molecule has 3 aromatic rings. The smallest absolute Gasteiger partial charge is 0.229 e. The maximum absolute atomic E-state index is 15.1. The van der Waals surface area contributed by atoms with Gasteiger partial charge in [0.2, 0.25) is 5.95 Å². The molecule has 2 fully saturated rings. The van der Waals surface area contributed by atoms with Crippen molar-refractivity contribution in [2.75, 3.05) is 28.6 Å². The normalized spacial score (nSPS) is 20.6. The molecular formula is C26H29F2N7O. The summed E-state index contributed by atoms with van der Waals surface area (Å²) >= 11 is 0. The molecule has 2 aromatic heterocycles. The number of pyridine rings is 1. The van der Waals surface area contributed by atoms with E-state index in [0.29, 0.717) is 22.8 Å². The van der Waals surface area contributed by atoms with E-state index < -0.39 is 11.6 Å². The highest BCUT2D eigenvalue weighted by molar-refractivity contribution is 5.83. The zero-order valence-electron chi connectivity index (χ0n) is 20.3. The van der Waals surface area contributed by atoms with Gasteiger partial charge in [-0.05, 0) is 76.9 Å². The Hall–Kier alpha value is -3.53. The summed E-state index contributed by atoms with van der Waals surface area (Å²) in [6.45, 7) is 6.17. The van der Waals surface area contributed by atoms with Gasteiger partial charge in [-0.2, -0.15) is 0 Å². The number of piperidine rings is 1. The van der Waals surface area contributed by atoms with Crippen LogP contribution in [-0.4, -0.2) is 45.9 Å². The molecule has 8 nitrogen and oxygen atoms in total. The standard InChI is InChI=1S/C26H29F2N7O/c1-26(2)8-5-22-33-24-18(27)11-15(12-20(24)35(22)26)23-19(28)14-31-25(34-23)32-21-4-3-17(13-30-21)36-16-6-9-29-10-7-16/h3-4,11-14,16,22,29,33H,5-10H2,1-2H3,(H,30,31,32,34). The number of halogens is 2. The Bertz CT molecular complexity index is 1280. The maximum atomic E-state index is 15.1. The second-order valence-electron chi connectivity index (χ2n) is 10.2. The van der Waals surface area contributed by atoms with Gasteiger partial charge in [-0.25, -0.2) is 23.7 Å². The molecule has 36 heavy (non-hydrogen) atoms.